The Balaban J connectivity index is 2.26. The van der Waals surface area contributed by atoms with Gasteiger partial charge in [0.15, 0.2) is 11.1 Å². The number of morpholine rings is 1. The molecule has 1 fully saturated rings. The SMILES string of the molecule is CCCn1cc(S(=O)(=O)N2CCOC(C#N)C2)nc1C. The van der Waals surface area contributed by atoms with Crippen LogP contribution in [0.2, 0.25) is 0 Å². The molecule has 1 aliphatic heterocycles. The number of aromatic nitrogens is 2. The highest BCUT2D eigenvalue weighted by Crippen LogP contribution is 2.18. The summed E-state index contributed by atoms with van der Waals surface area (Å²) in [7, 11) is -3.65. The van der Waals surface area contributed by atoms with Gasteiger partial charge in [-0.05, 0) is 13.3 Å². The van der Waals surface area contributed by atoms with Gasteiger partial charge in [-0.3, -0.25) is 0 Å². The van der Waals surface area contributed by atoms with E-state index in [2.05, 4.69) is 4.98 Å². The molecular weight excluding hydrogens is 280 g/mol. The third-order valence-corrected chi connectivity index (χ3v) is 4.93. The number of ether oxygens (including phenoxy) is 1. The average Bonchev–Trinajstić information content (AvgIpc) is 2.81. The summed E-state index contributed by atoms with van der Waals surface area (Å²) in [5.41, 5.74) is 0. The van der Waals surface area contributed by atoms with E-state index in [0.717, 1.165) is 13.0 Å². The second-order valence-corrected chi connectivity index (χ2v) is 6.56. The van der Waals surface area contributed by atoms with Crippen LogP contribution in [-0.4, -0.2) is 48.1 Å². The van der Waals surface area contributed by atoms with Crippen LogP contribution < -0.4 is 0 Å². The van der Waals surface area contributed by atoms with Crippen LogP contribution >= 0.6 is 0 Å². The number of hydrogen-bond donors (Lipinski definition) is 0. The number of aryl methyl sites for hydroxylation is 2. The Morgan fingerprint density at radius 3 is 3.00 bits per heavy atom. The predicted molar refractivity (Wildman–Crippen MR) is 71.4 cm³/mol. The second-order valence-electron chi connectivity index (χ2n) is 4.67. The first-order chi connectivity index (χ1) is 9.48. The molecule has 0 bridgehead atoms. The van der Waals surface area contributed by atoms with Gasteiger partial charge in [0, 0.05) is 19.3 Å². The molecule has 0 amide bonds. The summed E-state index contributed by atoms with van der Waals surface area (Å²) in [6.07, 6.45) is 1.76. The van der Waals surface area contributed by atoms with Gasteiger partial charge >= 0.3 is 0 Å². The molecule has 1 aliphatic rings. The zero-order chi connectivity index (χ0) is 14.8. The Hall–Kier alpha value is -1.43. The minimum Gasteiger partial charge on any atom is -0.361 e. The number of hydrogen-bond acceptors (Lipinski definition) is 5. The molecule has 2 rings (SSSR count). The van der Waals surface area contributed by atoms with Crippen LogP contribution in [0.25, 0.3) is 0 Å². The van der Waals surface area contributed by atoms with Gasteiger partial charge in [0.2, 0.25) is 0 Å². The smallest absolute Gasteiger partial charge is 0.262 e. The highest BCUT2D eigenvalue weighted by molar-refractivity contribution is 7.89. The van der Waals surface area contributed by atoms with Gasteiger partial charge in [0.25, 0.3) is 10.0 Å². The Labute approximate surface area is 118 Å². The summed E-state index contributed by atoms with van der Waals surface area (Å²) >= 11 is 0. The van der Waals surface area contributed by atoms with Gasteiger partial charge in [-0.15, -0.1) is 0 Å². The molecule has 0 spiro atoms. The van der Waals surface area contributed by atoms with Gasteiger partial charge in [0.05, 0.1) is 19.2 Å². The Bertz CT molecular complexity index is 617. The van der Waals surface area contributed by atoms with Crippen molar-refractivity contribution in [3.63, 3.8) is 0 Å². The van der Waals surface area contributed by atoms with Crippen LogP contribution in [0.15, 0.2) is 11.2 Å². The lowest BCUT2D eigenvalue weighted by Crippen LogP contribution is -2.45. The lowest BCUT2D eigenvalue weighted by atomic mass is 10.3. The van der Waals surface area contributed by atoms with Gasteiger partial charge < -0.3 is 9.30 Å². The average molecular weight is 298 g/mol. The fourth-order valence-electron chi connectivity index (χ4n) is 2.13. The van der Waals surface area contributed by atoms with Crippen molar-refractivity contribution in [1.82, 2.24) is 13.9 Å². The monoisotopic (exact) mass is 298 g/mol. The molecule has 1 unspecified atom stereocenters. The van der Waals surface area contributed by atoms with Crippen molar-refractivity contribution in [2.75, 3.05) is 19.7 Å². The standard InChI is InChI=1S/C12H18N4O3S/c1-3-4-15-9-12(14-10(15)2)20(17,18)16-5-6-19-11(7-13)8-16/h9,11H,3-6,8H2,1-2H3. The van der Waals surface area contributed by atoms with Crippen LogP contribution in [0.3, 0.4) is 0 Å². The van der Waals surface area contributed by atoms with Crippen LogP contribution in [0.4, 0.5) is 0 Å². The first-order valence-corrected chi connectivity index (χ1v) is 7.98. The highest BCUT2D eigenvalue weighted by Gasteiger charge is 2.32. The normalized spacial score (nSPS) is 20.8. The maximum Gasteiger partial charge on any atom is 0.262 e. The van der Waals surface area contributed by atoms with Crippen LogP contribution in [0.5, 0.6) is 0 Å². The van der Waals surface area contributed by atoms with Crippen molar-refractivity contribution in [3.8, 4) is 6.07 Å². The molecule has 7 nitrogen and oxygen atoms in total. The quantitative estimate of drug-likeness (QED) is 0.808. The molecule has 1 saturated heterocycles. The summed E-state index contributed by atoms with van der Waals surface area (Å²) in [6.45, 7) is 5.07. The summed E-state index contributed by atoms with van der Waals surface area (Å²) in [6, 6.07) is 1.94. The van der Waals surface area contributed by atoms with Crippen molar-refractivity contribution in [2.24, 2.45) is 0 Å². The van der Waals surface area contributed by atoms with E-state index in [9.17, 15) is 8.42 Å². The van der Waals surface area contributed by atoms with E-state index in [1.165, 1.54) is 4.31 Å². The van der Waals surface area contributed by atoms with E-state index in [0.29, 0.717) is 5.82 Å². The Morgan fingerprint density at radius 1 is 1.60 bits per heavy atom. The van der Waals surface area contributed by atoms with Crippen LogP contribution in [0, 0.1) is 18.3 Å². The maximum atomic E-state index is 12.5. The van der Waals surface area contributed by atoms with Crippen LogP contribution in [0.1, 0.15) is 19.2 Å². The molecule has 20 heavy (non-hydrogen) atoms. The largest absolute Gasteiger partial charge is 0.361 e. The van der Waals surface area contributed by atoms with E-state index < -0.39 is 16.1 Å². The van der Waals surface area contributed by atoms with Crippen LogP contribution in [-0.2, 0) is 21.3 Å². The lowest BCUT2D eigenvalue weighted by molar-refractivity contribution is 0.0310. The van der Waals surface area contributed by atoms with Gasteiger partial charge in [-0.25, -0.2) is 13.4 Å². The van der Waals surface area contributed by atoms with Crippen molar-refractivity contribution >= 4 is 10.0 Å². The van der Waals surface area contributed by atoms with E-state index in [4.69, 9.17) is 10.00 Å². The van der Waals surface area contributed by atoms with Gasteiger partial charge in [-0.2, -0.15) is 9.57 Å². The first kappa shape index (κ1) is 15.0. The summed E-state index contributed by atoms with van der Waals surface area (Å²) < 4.78 is 33.3. The molecule has 2 heterocycles. The van der Waals surface area contributed by atoms with E-state index in [1.54, 1.807) is 13.1 Å². The number of nitriles is 1. The minimum atomic E-state index is -3.65. The van der Waals surface area contributed by atoms with Gasteiger partial charge in [-0.1, -0.05) is 6.92 Å². The molecule has 0 radical (unpaired) electrons. The van der Waals surface area contributed by atoms with Crippen molar-refractivity contribution in [1.29, 1.82) is 5.26 Å². The molecular formula is C12H18N4O3S. The molecule has 110 valence electrons. The fourth-order valence-corrected chi connectivity index (χ4v) is 3.54. The van der Waals surface area contributed by atoms with Crippen molar-refractivity contribution in [3.05, 3.63) is 12.0 Å². The van der Waals surface area contributed by atoms with E-state index in [-0.39, 0.29) is 24.7 Å². The fraction of sp³-hybridized carbons (Fsp3) is 0.667. The number of imidazole rings is 1. The summed E-state index contributed by atoms with van der Waals surface area (Å²) in [4.78, 5) is 4.14. The van der Waals surface area contributed by atoms with E-state index >= 15 is 0 Å². The third-order valence-electron chi connectivity index (χ3n) is 3.20. The Kier molecular flexibility index (Phi) is 4.42. The third kappa shape index (κ3) is 2.85. The number of sulfonamides is 1. The first-order valence-electron chi connectivity index (χ1n) is 6.54. The van der Waals surface area contributed by atoms with Crippen molar-refractivity contribution < 1.29 is 13.2 Å². The summed E-state index contributed by atoms with van der Waals surface area (Å²) in [5.74, 6) is 0.676. The maximum absolute atomic E-state index is 12.5. The Morgan fingerprint density at radius 2 is 2.35 bits per heavy atom. The number of rotatable bonds is 4. The molecule has 0 N–H and O–H groups in total. The van der Waals surface area contributed by atoms with Gasteiger partial charge in [0.1, 0.15) is 5.82 Å². The molecule has 1 aromatic rings. The lowest BCUT2D eigenvalue weighted by Gasteiger charge is -2.28. The zero-order valence-corrected chi connectivity index (χ0v) is 12.4. The van der Waals surface area contributed by atoms with Crippen molar-refractivity contribution in [2.45, 2.75) is 37.9 Å². The molecule has 1 atom stereocenters. The molecule has 0 aliphatic carbocycles. The minimum absolute atomic E-state index is 0.0436. The molecule has 8 heteroatoms. The topological polar surface area (TPSA) is 88.2 Å². The second kappa shape index (κ2) is 5.91. The highest BCUT2D eigenvalue weighted by atomic mass is 32.2. The molecule has 0 saturated carbocycles. The summed E-state index contributed by atoms with van der Waals surface area (Å²) in [5, 5.41) is 8.89. The molecule has 0 aromatic carbocycles. The number of nitrogens with zero attached hydrogens (tertiary/aromatic N) is 4. The predicted octanol–water partition coefficient (Wildman–Crippen LogP) is 0.515. The van der Waals surface area contributed by atoms with E-state index in [1.807, 2.05) is 17.6 Å². The molecule has 1 aromatic heterocycles. The zero-order valence-electron chi connectivity index (χ0n) is 11.6.